The lowest BCUT2D eigenvalue weighted by Crippen LogP contribution is -2.41. The molecule has 3 heterocycles. The van der Waals surface area contributed by atoms with Gasteiger partial charge in [0.1, 0.15) is 11.3 Å². The van der Waals surface area contributed by atoms with Gasteiger partial charge in [-0.05, 0) is 29.0 Å². The minimum Gasteiger partial charge on any atom is -0.479 e. The Morgan fingerprint density at radius 1 is 1.54 bits per heavy atom. The highest BCUT2D eigenvalue weighted by molar-refractivity contribution is 7.08. The van der Waals surface area contributed by atoms with Gasteiger partial charge in [0.15, 0.2) is 5.60 Å². The quantitative estimate of drug-likeness (QED) is 0.709. The number of rotatable bonds is 6. The molecule has 8 heteroatoms. The summed E-state index contributed by atoms with van der Waals surface area (Å²) in [6, 6.07) is 5.16. The fourth-order valence-corrected chi connectivity index (χ4v) is 3.15. The largest absolute Gasteiger partial charge is 0.479 e. The first-order valence-corrected chi connectivity index (χ1v) is 8.13. The van der Waals surface area contributed by atoms with E-state index in [0.717, 1.165) is 0 Å². The summed E-state index contributed by atoms with van der Waals surface area (Å²) < 4.78 is 12.0. The number of nitrogens with one attached hydrogen (secondary N) is 1. The molecule has 1 amide bonds. The van der Waals surface area contributed by atoms with Gasteiger partial charge in [0.25, 0.3) is 5.91 Å². The van der Waals surface area contributed by atoms with Crippen molar-refractivity contribution in [1.82, 2.24) is 15.1 Å². The van der Waals surface area contributed by atoms with Gasteiger partial charge in [-0.2, -0.15) is 11.3 Å². The number of thiophene rings is 1. The third kappa shape index (κ3) is 2.93. The molecule has 1 atom stereocenters. The molecule has 3 rings (SSSR count). The number of methoxy groups -OCH3 is 1. The highest BCUT2D eigenvalue weighted by Gasteiger charge is 2.36. The molecule has 0 radical (unpaired) electrons. The van der Waals surface area contributed by atoms with Crippen LogP contribution in [0.2, 0.25) is 0 Å². The van der Waals surface area contributed by atoms with Crippen molar-refractivity contribution in [2.75, 3.05) is 13.7 Å². The van der Waals surface area contributed by atoms with Crippen LogP contribution >= 0.6 is 11.3 Å². The second kappa shape index (κ2) is 6.50. The molecule has 0 aliphatic carbocycles. The molecule has 7 nitrogen and oxygen atoms in total. The summed E-state index contributed by atoms with van der Waals surface area (Å²) in [5.41, 5.74) is -0.498. The molecule has 0 saturated carbocycles. The summed E-state index contributed by atoms with van der Waals surface area (Å²) in [5.74, 6) is 0.201. The van der Waals surface area contributed by atoms with Crippen LogP contribution in [0.15, 0.2) is 45.8 Å². The highest BCUT2D eigenvalue weighted by atomic mass is 32.1. The minimum absolute atomic E-state index is 0.0475. The standard InChI is InChI=1S/C16H17N3O4S/c1-19-8-12(15(18-19)22-2)14(20)17-10-16(21,11-5-7-24-9-11)13-4-3-6-23-13/h3-9,21H,10H2,1-2H3,(H,17,20)/t16-/m1/s1. The molecule has 0 aromatic carbocycles. The molecular weight excluding hydrogens is 330 g/mol. The van der Waals surface area contributed by atoms with E-state index in [9.17, 15) is 9.90 Å². The third-order valence-electron chi connectivity index (χ3n) is 3.67. The van der Waals surface area contributed by atoms with Gasteiger partial charge in [0.2, 0.25) is 5.88 Å². The zero-order valence-electron chi connectivity index (χ0n) is 13.2. The number of hydrogen-bond acceptors (Lipinski definition) is 6. The molecule has 0 aliphatic heterocycles. The molecule has 3 aromatic heterocycles. The molecule has 2 N–H and O–H groups in total. The Labute approximate surface area is 142 Å². The second-order valence-corrected chi connectivity index (χ2v) is 6.04. The summed E-state index contributed by atoms with van der Waals surface area (Å²) in [6.45, 7) is -0.0475. The molecule has 0 saturated heterocycles. The van der Waals surface area contributed by atoms with Crippen molar-refractivity contribution in [2.45, 2.75) is 5.60 Å². The van der Waals surface area contributed by atoms with E-state index in [0.29, 0.717) is 16.9 Å². The Balaban J connectivity index is 1.83. The molecule has 0 bridgehead atoms. The Bertz CT molecular complexity index is 774. The number of aromatic nitrogens is 2. The van der Waals surface area contributed by atoms with Gasteiger partial charge in [-0.3, -0.25) is 9.48 Å². The second-order valence-electron chi connectivity index (χ2n) is 5.26. The normalized spacial score (nSPS) is 13.5. The zero-order chi connectivity index (χ0) is 17.2. The Morgan fingerprint density at radius 2 is 2.38 bits per heavy atom. The van der Waals surface area contributed by atoms with Gasteiger partial charge in [-0.25, -0.2) is 0 Å². The molecular formula is C16H17N3O4S. The number of amides is 1. The van der Waals surface area contributed by atoms with Crippen LogP contribution in [0.5, 0.6) is 5.88 Å². The number of hydrogen-bond donors (Lipinski definition) is 2. The van der Waals surface area contributed by atoms with E-state index in [1.54, 1.807) is 31.4 Å². The monoisotopic (exact) mass is 347 g/mol. The van der Waals surface area contributed by atoms with Crippen molar-refractivity contribution in [3.8, 4) is 5.88 Å². The lowest BCUT2D eigenvalue weighted by Gasteiger charge is -2.25. The van der Waals surface area contributed by atoms with E-state index in [1.165, 1.54) is 29.4 Å². The smallest absolute Gasteiger partial charge is 0.258 e. The average molecular weight is 347 g/mol. The zero-order valence-corrected chi connectivity index (χ0v) is 14.0. The lowest BCUT2D eigenvalue weighted by molar-refractivity contribution is 0.0528. The highest BCUT2D eigenvalue weighted by Crippen LogP contribution is 2.31. The Morgan fingerprint density at radius 3 is 3.00 bits per heavy atom. The first-order chi connectivity index (χ1) is 11.5. The fraction of sp³-hybridized carbons (Fsp3) is 0.250. The molecule has 24 heavy (non-hydrogen) atoms. The van der Waals surface area contributed by atoms with Crippen molar-refractivity contribution >= 4 is 17.2 Å². The van der Waals surface area contributed by atoms with Crippen molar-refractivity contribution in [3.05, 3.63) is 58.3 Å². The number of aliphatic hydroxyl groups is 1. The van der Waals surface area contributed by atoms with Gasteiger partial charge >= 0.3 is 0 Å². The van der Waals surface area contributed by atoms with Crippen molar-refractivity contribution in [1.29, 1.82) is 0 Å². The number of furan rings is 1. The Kier molecular flexibility index (Phi) is 4.41. The van der Waals surface area contributed by atoms with Crippen LogP contribution in [0.3, 0.4) is 0 Å². The van der Waals surface area contributed by atoms with E-state index >= 15 is 0 Å². The summed E-state index contributed by atoms with van der Waals surface area (Å²) in [5, 5.41) is 21.6. The number of carbonyl (C=O) groups excluding carboxylic acids is 1. The van der Waals surface area contributed by atoms with Gasteiger partial charge in [-0.1, -0.05) is 0 Å². The van der Waals surface area contributed by atoms with E-state index < -0.39 is 5.60 Å². The molecule has 0 spiro atoms. The average Bonchev–Trinajstić information content (AvgIpc) is 3.32. The number of nitrogens with zero attached hydrogens (tertiary/aromatic N) is 2. The van der Waals surface area contributed by atoms with E-state index in [1.807, 2.05) is 10.8 Å². The Hall–Kier alpha value is -2.58. The van der Waals surface area contributed by atoms with Crippen LogP contribution in [0.1, 0.15) is 21.7 Å². The van der Waals surface area contributed by atoms with E-state index in [2.05, 4.69) is 10.4 Å². The summed E-state index contributed by atoms with van der Waals surface area (Å²) in [7, 11) is 3.15. The molecule has 126 valence electrons. The topological polar surface area (TPSA) is 89.5 Å². The summed E-state index contributed by atoms with van der Waals surface area (Å²) >= 11 is 1.46. The number of carbonyl (C=O) groups is 1. The minimum atomic E-state index is -1.45. The number of aryl methyl sites for hydroxylation is 1. The van der Waals surface area contributed by atoms with Crippen LogP contribution in [0.25, 0.3) is 0 Å². The van der Waals surface area contributed by atoms with Crippen LogP contribution in [0.4, 0.5) is 0 Å². The number of ether oxygens (including phenoxy) is 1. The van der Waals surface area contributed by atoms with Crippen molar-refractivity contribution in [3.63, 3.8) is 0 Å². The van der Waals surface area contributed by atoms with E-state index in [4.69, 9.17) is 9.15 Å². The van der Waals surface area contributed by atoms with Gasteiger partial charge < -0.3 is 19.6 Å². The summed E-state index contributed by atoms with van der Waals surface area (Å²) in [6.07, 6.45) is 3.04. The molecule has 0 aliphatic rings. The van der Waals surface area contributed by atoms with Crippen molar-refractivity contribution < 1.29 is 19.1 Å². The predicted molar refractivity (Wildman–Crippen MR) is 88.1 cm³/mol. The van der Waals surface area contributed by atoms with Gasteiger partial charge in [-0.15, -0.1) is 5.10 Å². The van der Waals surface area contributed by atoms with Crippen LogP contribution in [-0.4, -0.2) is 34.4 Å². The fourth-order valence-electron chi connectivity index (χ4n) is 2.42. The maximum atomic E-state index is 12.4. The van der Waals surface area contributed by atoms with Crippen LogP contribution in [-0.2, 0) is 12.6 Å². The SMILES string of the molecule is COc1nn(C)cc1C(=O)NC[C@@](O)(c1ccsc1)c1ccco1. The van der Waals surface area contributed by atoms with Gasteiger partial charge in [0, 0.05) is 18.8 Å². The molecule has 3 aromatic rings. The summed E-state index contributed by atoms with van der Waals surface area (Å²) in [4.78, 5) is 12.4. The van der Waals surface area contributed by atoms with Crippen molar-refractivity contribution in [2.24, 2.45) is 7.05 Å². The predicted octanol–water partition coefficient (Wildman–Crippen LogP) is 1.75. The lowest BCUT2D eigenvalue weighted by atomic mass is 9.93. The maximum absolute atomic E-state index is 12.4. The molecule has 0 fully saturated rings. The first-order valence-electron chi connectivity index (χ1n) is 7.19. The third-order valence-corrected chi connectivity index (χ3v) is 4.35. The first kappa shape index (κ1) is 16.3. The van der Waals surface area contributed by atoms with Crippen LogP contribution < -0.4 is 10.1 Å². The maximum Gasteiger partial charge on any atom is 0.258 e. The van der Waals surface area contributed by atoms with Crippen LogP contribution in [0, 0.1) is 0 Å². The molecule has 0 unspecified atom stereocenters. The van der Waals surface area contributed by atoms with E-state index in [-0.39, 0.29) is 18.3 Å². The van der Waals surface area contributed by atoms with Gasteiger partial charge in [0.05, 0.1) is 19.9 Å².